The van der Waals surface area contributed by atoms with Crippen molar-refractivity contribution in [2.45, 2.75) is 70.6 Å². The van der Waals surface area contributed by atoms with Crippen LogP contribution in [-0.2, 0) is 19.3 Å². The standard InChI is InChI=1S/C19H29NO6/c21-15(22)1-3-17-7-14-8-18(10-17,4-2-16(23)24)12-19(9-14,11-17)5-6-20-25-13-26-20/h14H,1-13H2,(H,21,22)(H,23,24). The van der Waals surface area contributed by atoms with Gasteiger partial charge in [-0.15, -0.1) is 0 Å². The third-order valence-electron chi connectivity index (χ3n) is 7.37. The molecule has 2 unspecified atom stereocenters. The number of hydroxylamine groups is 2. The molecule has 0 radical (unpaired) electrons. The number of rotatable bonds is 9. The number of aliphatic carboxylic acids is 2. The lowest BCUT2D eigenvalue weighted by Gasteiger charge is -2.67. The van der Waals surface area contributed by atoms with Gasteiger partial charge in [-0.1, -0.05) is 5.23 Å². The van der Waals surface area contributed by atoms with E-state index in [2.05, 4.69) is 0 Å². The summed E-state index contributed by atoms with van der Waals surface area (Å²) in [5.41, 5.74) is 0.332. The summed E-state index contributed by atoms with van der Waals surface area (Å²) < 4.78 is 0. The summed E-state index contributed by atoms with van der Waals surface area (Å²) in [5, 5.41) is 20.0. The molecule has 0 spiro atoms. The monoisotopic (exact) mass is 367 g/mol. The van der Waals surface area contributed by atoms with Crippen molar-refractivity contribution >= 4 is 11.9 Å². The lowest BCUT2D eigenvalue weighted by atomic mass is 9.38. The van der Waals surface area contributed by atoms with Crippen LogP contribution < -0.4 is 0 Å². The zero-order valence-corrected chi connectivity index (χ0v) is 15.2. The summed E-state index contributed by atoms with van der Waals surface area (Å²) in [4.78, 5) is 32.9. The third kappa shape index (κ3) is 3.49. The van der Waals surface area contributed by atoms with Gasteiger partial charge in [0.15, 0.2) is 6.79 Å². The molecule has 4 aliphatic carbocycles. The first-order chi connectivity index (χ1) is 12.3. The molecular weight excluding hydrogens is 338 g/mol. The molecule has 4 bridgehead atoms. The smallest absolute Gasteiger partial charge is 0.303 e. The summed E-state index contributed by atoms with van der Waals surface area (Å²) in [6, 6.07) is 0. The summed E-state index contributed by atoms with van der Waals surface area (Å²) in [6.07, 6.45) is 9.46. The molecule has 5 aliphatic rings. The van der Waals surface area contributed by atoms with Crippen molar-refractivity contribution in [3.63, 3.8) is 0 Å². The van der Waals surface area contributed by atoms with Crippen LogP contribution in [0.4, 0.5) is 0 Å². The zero-order chi connectivity index (χ0) is 18.4. The molecule has 1 heterocycles. The normalized spacial score (nSPS) is 41.2. The van der Waals surface area contributed by atoms with Gasteiger partial charge in [-0.3, -0.25) is 9.59 Å². The van der Waals surface area contributed by atoms with E-state index in [1.165, 1.54) is 6.42 Å². The van der Waals surface area contributed by atoms with Crippen LogP contribution in [0, 0.1) is 22.2 Å². The van der Waals surface area contributed by atoms with Gasteiger partial charge in [0.25, 0.3) is 0 Å². The molecule has 7 heteroatoms. The van der Waals surface area contributed by atoms with Gasteiger partial charge < -0.3 is 10.2 Å². The first kappa shape index (κ1) is 18.2. The molecule has 1 saturated heterocycles. The van der Waals surface area contributed by atoms with Crippen molar-refractivity contribution in [3.05, 3.63) is 0 Å². The number of carboxylic acids is 2. The third-order valence-corrected chi connectivity index (χ3v) is 7.37. The Morgan fingerprint density at radius 3 is 1.69 bits per heavy atom. The van der Waals surface area contributed by atoms with Gasteiger partial charge in [0.05, 0.1) is 6.54 Å². The van der Waals surface area contributed by atoms with Gasteiger partial charge in [-0.2, -0.15) is 0 Å². The highest BCUT2D eigenvalue weighted by Crippen LogP contribution is 2.72. The molecule has 0 amide bonds. The average Bonchev–Trinajstić information content (AvgIpc) is 2.48. The second kappa shape index (κ2) is 6.46. The molecular formula is C19H29NO6. The van der Waals surface area contributed by atoms with Gasteiger partial charge in [0.2, 0.25) is 0 Å². The van der Waals surface area contributed by atoms with Crippen molar-refractivity contribution in [3.8, 4) is 0 Å². The Labute approximate surface area is 153 Å². The fraction of sp³-hybridized carbons (Fsp3) is 0.895. The number of hydrogen-bond donors (Lipinski definition) is 2. The molecule has 0 aromatic heterocycles. The van der Waals surface area contributed by atoms with Crippen molar-refractivity contribution in [1.29, 1.82) is 0 Å². The van der Waals surface area contributed by atoms with Crippen LogP contribution in [0.2, 0.25) is 0 Å². The van der Waals surface area contributed by atoms with E-state index in [9.17, 15) is 19.8 Å². The average molecular weight is 367 g/mol. The molecule has 5 fully saturated rings. The lowest BCUT2D eigenvalue weighted by molar-refractivity contribution is -0.520. The molecule has 1 aliphatic heterocycles. The van der Waals surface area contributed by atoms with Crippen LogP contribution in [0.3, 0.4) is 0 Å². The van der Waals surface area contributed by atoms with Gasteiger partial charge in [-0.05, 0) is 80.0 Å². The predicted molar refractivity (Wildman–Crippen MR) is 90.6 cm³/mol. The Morgan fingerprint density at radius 2 is 1.31 bits per heavy atom. The molecule has 5 rings (SSSR count). The van der Waals surface area contributed by atoms with Crippen molar-refractivity contribution in [2.24, 2.45) is 22.2 Å². The molecule has 0 aromatic rings. The molecule has 2 N–H and O–H groups in total. The van der Waals surface area contributed by atoms with E-state index in [0.717, 1.165) is 57.9 Å². The highest BCUT2D eigenvalue weighted by molar-refractivity contribution is 5.67. The summed E-state index contributed by atoms with van der Waals surface area (Å²) >= 11 is 0. The Morgan fingerprint density at radius 1 is 0.846 bits per heavy atom. The van der Waals surface area contributed by atoms with E-state index < -0.39 is 11.9 Å². The molecule has 146 valence electrons. The zero-order valence-electron chi connectivity index (χ0n) is 15.2. The second-order valence-corrected chi connectivity index (χ2v) is 9.48. The minimum Gasteiger partial charge on any atom is -0.481 e. The van der Waals surface area contributed by atoms with Crippen LogP contribution in [-0.4, -0.2) is 40.7 Å². The van der Waals surface area contributed by atoms with Gasteiger partial charge >= 0.3 is 11.9 Å². The maximum absolute atomic E-state index is 11.2. The summed E-state index contributed by atoms with van der Waals surface area (Å²) in [7, 11) is 0. The summed E-state index contributed by atoms with van der Waals surface area (Å²) in [6.45, 7) is 1.05. The Balaban J connectivity index is 1.54. The summed E-state index contributed by atoms with van der Waals surface area (Å²) in [5.74, 6) is -0.847. The fourth-order valence-corrected chi connectivity index (χ4v) is 7.23. The van der Waals surface area contributed by atoms with E-state index in [4.69, 9.17) is 9.68 Å². The SMILES string of the molecule is O=C(O)CCC12CC3CC(CCC(=O)O)(C1)CC(CCN1OCO1)(C3)C2. The maximum atomic E-state index is 11.2. The van der Waals surface area contributed by atoms with Crippen molar-refractivity contribution in [1.82, 2.24) is 5.23 Å². The first-order valence-corrected chi connectivity index (χ1v) is 9.79. The first-order valence-electron chi connectivity index (χ1n) is 9.79. The fourth-order valence-electron chi connectivity index (χ4n) is 7.23. The molecule has 2 atom stereocenters. The molecule has 0 aromatic carbocycles. The Hall–Kier alpha value is -1.18. The van der Waals surface area contributed by atoms with E-state index in [1.807, 2.05) is 0 Å². The van der Waals surface area contributed by atoms with Crippen molar-refractivity contribution < 1.29 is 29.5 Å². The van der Waals surface area contributed by atoms with Crippen LogP contribution in [0.5, 0.6) is 0 Å². The van der Waals surface area contributed by atoms with Gasteiger partial charge in [0, 0.05) is 12.8 Å². The predicted octanol–water partition coefficient (Wildman–Crippen LogP) is 3.20. The highest BCUT2D eigenvalue weighted by atomic mass is 17.1. The topological polar surface area (TPSA) is 96.3 Å². The number of carboxylic acid groups (broad SMARTS) is 2. The van der Waals surface area contributed by atoms with Crippen LogP contribution in [0.15, 0.2) is 0 Å². The van der Waals surface area contributed by atoms with E-state index in [-0.39, 0.29) is 29.1 Å². The minimum atomic E-state index is -0.725. The largest absolute Gasteiger partial charge is 0.481 e. The minimum absolute atomic E-state index is 0.0764. The van der Waals surface area contributed by atoms with Crippen molar-refractivity contribution in [2.75, 3.05) is 13.3 Å². The Kier molecular flexibility index (Phi) is 4.52. The van der Waals surface area contributed by atoms with Gasteiger partial charge in [-0.25, -0.2) is 9.68 Å². The van der Waals surface area contributed by atoms with E-state index in [0.29, 0.717) is 12.7 Å². The number of hydrogen-bond acceptors (Lipinski definition) is 5. The highest BCUT2D eigenvalue weighted by Gasteiger charge is 2.62. The van der Waals surface area contributed by atoms with Crippen LogP contribution >= 0.6 is 0 Å². The van der Waals surface area contributed by atoms with E-state index >= 15 is 0 Å². The quantitative estimate of drug-likeness (QED) is 0.646. The lowest BCUT2D eigenvalue weighted by Crippen LogP contribution is -2.57. The van der Waals surface area contributed by atoms with Gasteiger partial charge in [0.1, 0.15) is 0 Å². The number of nitrogens with zero attached hydrogens (tertiary/aromatic N) is 1. The molecule has 26 heavy (non-hydrogen) atoms. The van der Waals surface area contributed by atoms with E-state index in [1.54, 1.807) is 5.23 Å². The molecule has 4 saturated carbocycles. The second-order valence-electron chi connectivity index (χ2n) is 9.48. The number of carbonyl (C=O) groups is 2. The maximum Gasteiger partial charge on any atom is 0.303 e. The van der Waals surface area contributed by atoms with Crippen LogP contribution in [0.25, 0.3) is 0 Å². The van der Waals surface area contributed by atoms with Crippen LogP contribution in [0.1, 0.15) is 70.6 Å². The molecule has 7 nitrogen and oxygen atoms in total. The Bertz CT molecular complexity index is 555.